The molecule has 1 amide bonds. The molecule has 2 heterocycles. The molecule has 2 aliphatic heterocycles. The van der Waals surface area contributed by atoms with E-state index in [9.17, 15) is 9.00 Å². The van der Waals surface area contributed by atoms with Crippen LogP contribution in [-0.2, 0) is 15.8 Å². The molecular formula is C14H16ClN3O2S. The zero-order valence-corrected chi connectivity index (χ0v) is 13.0. The first-order chi connectivity index (χ1) is 10.1. The van der Waals surface area contributed by atoms with Crippen LogP contribution in [0.2, 0.25) is 0 Å². The number of alkyl halides is 1. The maximum atomic E-state index is 12.8. The normalized spacial score (nSPS) is 26.7. The van der Waals surface area contributed by atoms with Gasteiger partial charge in [0.15, 0.2) is 11.0 Å². The van der Waals surface area contributed by atoms with Gasteiger partial charge in [0, 0.05) is 13.0 Å². The van der Waals surface area contributed by atoms with Gasteiger partial charge in [0.2, 0.25) is 10.2 Å². The highest BCUT2D eigenvalue weighted by molar-refractivity contribution is 7.87. The molecular weight excluding hydrogens is 310 g/mol. The van der Waals surface area contributed by atoms with Gasteiger partial charge in [0.05, 0.1) is 17.6 Å². The van der Waals surface area contributed by atoms with Crippen LogP contribution in [0.4, 0.5) is 11.4 Å². The van der Waals surface area contributed by atoms with Crippen molar-refractivity contribution >= 4 is 46.1 Å². The molecule has 1 N–H and O–H groups in total. The molecule has 3 rings (SSSR count). The van der Waals surface area contributed by atoms with E-state index < -0.39 is 15.3 Å². The number of carbonyl (C=O) groups excluding carboxylic acids is 1. The van der Waals surface area contributed by atoms with E-state index in [1.807, 2.05) is 24.3 Å². The molecule has 21 heavy (non-hydrogen) atoms. The number of anilines is 1. The van der Waals surface area contributed by atoms with E-state index in [1.54, 1.807) is 0 Å². The molecule has 2 atom stereocenters. The molecule has 1 aromatic rings. The monoisotopic (exact) mass is 325 g/mol. The van der Waals surface area contributed by atoms with Crippen LogP contribution in [-0.4, -0.2) is 31.5 Å². The summed E-state index contributed by atoms with van der Waals surface area (Å²) in [7, 11) is -1.72. The Balaban J connectivity index is 1.86. The van der Waals surface area contributed by atoms with Gasteiger partial charge in [-0.3, -0.25) is 14.1 Å². The second-order valence-corrected chi connectivity index (χ2v) is 7.50. The van der Waals surface area contributed by atoms with Crippen molar-refractivity contribution < 1.29 is 9.00 Å². The highest BCUT2D eigenvalue weighted by Gasteiger charge is 2.41. The van der Waals surface area contributed by atoms with Crippen molar-refractivity contribution in [1.82, 2.24) is 4.31 Å². The number of nitrogens with one attached hydrogen (secondary N) is 1. The number of nitrogens with zero attached hydrogens (tertiary/aromatic N) is 2. The number of rotatable bonds is 2. The molecule has 7 heteroatoms. The van der Waals surface area contributed by atoms with Gasteiger partial charge < -0.3 is 5.32 Å². The maximum absolute atomic E-state index is 12.8. The van der Waals surface area contributed by atoms with Crippen LogP contribution in [0.1, 0.15) is 25.7 Å². The van der Waals surface area contributed by atoms with Gasteiger partial charge in [-0.05, 0) is 25.0 Å². The third-order valence-corrected chi connectivity index (χ3v) is 5.65. The first-order valence-electron chi connectivity index (χ1n) is 6.94. The Morgan fingerprint density at radius 3 is 2.95 bits per heavy atom. The Morgan fingerprint density at radius 2 is 2.10 bits per heavy atom. The van der Waals surface area contributed by atoms with Crippen molar-refractivity contribution in [1.29, 1.82) is 0 Å². The molecule has 112 valence electrons. The Morgan fingerprint density at radius 1 is 1.29 bits per heavy atom. The van der Waals surface area contributed by atoms with Crippen LogP contribution >= 0.6 is 11.6 Å². The number of fused-ring (bicyclic) bond motifs is 1. The second-order valence-electron chi connectivity index (χ2n) is 5.10. The molecule has 0 spiro atoms. The highest BCUT2D eigenvalue weighted by atomic mass is 35.5. The summed E-state index contributed by atoms with van der Waals surface area (Å²) in [4.78, 5) is 16.3. The first kappa shape index (κ1) is 14.5. The lowest BCUT2D eigenvalue weighted by atomic mass is 10.2. The number of amides is 1. The zero-order valence-electron chi connectivity index (χ0n) is 11.4. The minimum Gasteiger partial charge on any atom is -0.349 e. The van der Waals surface area contributed by atoms with E-state index in [0.29, 0.717) is 18.7 Å². The molecule has 0 bridgehead atoms. The van der Waals surface area contributed by atoms with Gasteiger partial charge in [-0.15, -0.1) is 0 Å². The summed E-state index contributed by atoms with van der Waals surface area (Å²) in [5, 5.41) is 3.03. The van der Waals surface area contributed by atoms with Gasteiger partial charge in [-0.1, -0.05) is 30.2 Å². The van der Waals surface area contributed by atoms with Crippen molar-refractivity contribution in [2.24, 2.45) is 4.99 Å². The zero-order chi connectivity index (χ0) is 14.9. The fourth-order valence-electron chi connectivity index (χ4n) is 2.44. The van der Waals surface area contributed by atoms with E-state index in [2.05, 4.69) is 10.3 Å². The maximum Gasteiger partial charge on any atom is 0.244 e. The van der Waals surface area contributed by atoms with Crippen LogP contribution in [0, 0.1) is 0 Å². The van der Waals surface area contributed by atoms with Crippen LogP contribution < -0.4 is 5.32 Å². The SMILES string of the molecule is O=C1CCCCCN1S(=O)C1(Cl)C=Nc2ccccc2N1. The smallest absolute Gasteiger partial charge is 0.244 e. The average molecular weight is 326 g/mol. The predicted molar refractivity (Wildman–Crippen MR) is 85.1 cm³/mol. The van der Waals surface area contributed by atoms with Crippen molar-refractivity contribution in [3.8, 4) is 0 Å². The Kier molecular flexibility index (Phi) is 3.99. The Bertz CT molecular complexity index is 622. The highest BCUT2D eigenvalue weighted by Crippen LogP contribution is 2.35. The summed E-state index contributed by atoms with van der Waals surface area (Å²) in [6.45, 7) is 0.469. The number of halogens is 1. The quantitative estimate of drug-likeness (QED) is 0.672. The van der Waals surface area contributed by atoms with Gasteiger partial charge in [-0.2, -0.15) is 0 Å². The molecule has 1 saturated heterocycles. The molecule has 0 aromatic heterocycles. The number of hydrogen-bond donors (Lipinski definition) is 1. The van der Waals surface area contributed by atoms with Gasteiger partial charge in [0.1, 0.15) is 0 Å². The summed E-state index contributed by atoms with van der Waals surface area (Å²) in [5.74, 6) is -0.111. The van der Waals surface area contributed by atoms with Crippen molar-refractivity contribution in [3.63, 3.8) is 0 Å². The summed E-state index contributed by atoms with van der Waals surface area (Å²) < 4.78 is 12.8. The standard InChI is InChI=1S/C14H16ClN3O2S/c15-14(10-16-11-6-3-4-7-12(11)17-14)21(20)18-9-5-1-2-8-13(18)19/h3-4,6-7,10,17H,1-2,5,8-9H2. The Hall–Kier alpha value is -1.40. The van der Waals surface area contributed by atoms with E-state index in [1.165, 1.54) is 10.5 Å². The second kappa shape index (κ2) is 5.77. The summed E-state index contributed by atoms with van der Waals surface area (Å²) >= 11 is 6.45. The first-order valence-corrected chi connectivity index (χ1v) is 8.42. The number of hydrogen-bond acceptors (Lipinski definition) is 4. The molecule has 0 radical (unpaired) electrons. The lowest BCUT2D eigenvalue weighted by Gasteiger charge is -2.32. The van der Waals surface area contributed by atoms with Crippen molar-refractivity contribution in [2.75, 3.05) is 11.9 Å². The Labute approximate surface area is 131 Å². The molecule has 0 saturated carbocycles. The van der Waals surface area contributed by atoms with Gasteiger partial charge >= 0.3 is 0 Å². The van der Waals surface area contributed by atoms with E-state index >= 15 is 0 Å². The van der Waals surface area contributed by atoms with Crippen molar-refractivity contribution in [3.05, 3.63) is 24.3 Å². The topological polar surface area (TPSA) is 61.8 Å². The molecule has 1 aromatic carbocycles. The summed E-state index contributed by atoms with van der Waals surface area (Å²) in [5.41, 5.74) is 1.46. The van der Waals surface area contributed by atoms with Gasteiger partial charge in [0.25, 0.3) is 0 Å². The lowest BCUT2D eigenvalue weighted by Crippen LogP contribution is -2.49. The van der Waals surface area contributed by atoms with Crippen LogP contribution in [0.3, 0.4) is 0 Å². The third kappa shape index (κ3) is 2.82. The van der Waals surface area contributed by atoms with Crippen LogP contribution in [0.15, 0.2) is 29.3 Å². The minimum absolute atomic E-state index is 0.111. The van der Waals surface area contributed by atoms with E-state index in [-0.39, 0.29) is 5.91 Å². The fourth-order valence-corrected chi connectivity index (χ4v) is 4.08. The number of para-hydroxylation sites is 2. The molecule has 0 aliphatic carbocycles. The van der Waals surface area contributed by atoms with Crippen molar-refractivity contribution in [2.45, 2.75) is 30.0 Å². The number of aliphatic imine (C=N–C) groups is 1. The predicted octanol–water partition coefficient (Wildman–Crippen LogP) is 2.77. The fraction of sp³-hybridized carbons (Fsp3) is 0.429. The summed E-state index contributed by atoms with van der Waals surface area (Å²) in [6, 6.07) is 7.39. The molecule has 5 nitrogen and oxygen atoms in total. The van der Waals surface area contributed by atoms with Gasteiger partial charge in [-0.25, -0.2) is 4.21 Å². The lowest BCUT2D eigenvalue weighted by molar-refractivity contribution is -0.125. The number of benzene rings is 1. The summed E-state index contributed by atoms with van der Waals surface area (Å²) in [6.07, 6.45) is 4.50. The van der Waals surface area contributed by atoms with E-state index in [4.69, 9.17) is 11.6 Å². The average Bonchev–Trinajstić information content (AvgIpc) is 2.71. The van der Waals surface area contributed by atoms with E-state index in [0.717, 1.165) is 24.9 Å². The molecule has 2 aliphatic rings. The molecule has 2 unspecified atom stereocenters. The largest absolute Gasteiger partial charge is 0.349 e. The van der Waals surface area contributed by atoms with Crippen LogP contribution in [0.5, 0.6) is 0 Å². The minimum atomic E-state index is -1.72. The van der Waals surface area contributed by atoms with Crippen LogP contribution in [0.25, 0.3) is 0 Å². The number of carbonyl (C=O) groups is 1. The molecule has 1 fully saturated rings. The third-order valence-electron chi connectivity index (χ3n) is 3.56.